The summed E-state index contributed by atoms with van der Waals surface area (Å²) in [6.45, 7) is -0.549. The van der Waals surface area contributed by atoms with Crippen molar-refractivity contribution in [2.24, 2.45) is 10.8 Å². The van der Waals surface area contributed by atoms with Gasteiger partial charge in [0, 0.05) is 0 Å². The number of carbonyl (C=O) groups excluding carboxylic acids is 1. The van der Waals surface area contributed by atoms with Gasteiger partial charge in [-0.15, -0.1) is 0 Å². The zero-order valence-corrected chi connectivity index (χ0v) is 10.9. The summed E-state index contributed by atoms with van der Waals surface area (Å²) in [4.78, 5) is 10.3. The van der Waals surface area contributed by atoms with Gasteiger partial charge in [0.2, 0.25) is 0 Å². The molecule has 0 amide bonds. The van der Waals surface area contributed by atoms with Crippen LogP contribution in [-0.2, 0) is 4.79 Å². The molecule has 1 aromatic rings. The first-order valence-corrected chi connectivity index (χ1v) is 5.53. The number of hydrazone groups is 1. The minimum atomic E-state index is -1.31. The monoisotopic (exact) mass is 282 g/mol. The maximum absolute atomic E-state index is 10.3. The Morgan fingerprint density at radius 1 is 1.58 bits per heavy atom. The second kappa shape index (κ2) is 7.17. The molecule has 0 spiro atoms. The van der Waals surface area contributed by atoms with Crippen molar-refractivity contribution in [3.05, 3.63) is 23.8 Å². The van der Waals surface area contributed by atoms with Crippen LogP contribution in [0.5, 0.6) is 11.5 Å². The zero-order valence-electron chi connectivity index (χ0n) is 10.1. The van der Waals surface area contributed by atoms with Crippen LogP contribution < -0.4 is 25.7 Å². The van der Waals surface area contributed by atoms with Crippen LogP contribution in [0.3, 0.4) is 0 Å². The van der Waals surface area contributed by atoms with Gasteiger partial charge < -0.3 is 25.1 Å². The van der Waals surface area contributed by atoms with Gasteiger partial charge in [0.1, 0.15) is 6.61 Å². The average Bonchev–Trinajstić information content (AvgIpc) is 2.36. The smallest absolute Gasteiger partial charge is 0.184 e. The molecule has 0 aromatic heterocycles. The summed E-state index contributed by atoms with van der Waals surface area (Å²) in [6.07, 6.45) is 1.48. The largest absolute Gasteiger partial charge is 0.546 e. The van der Waals surface area contributed by atoms with Gasteiger partial charge in [-0.2, -0.15) is 5.10 Å². The molecule has 102 valence electrons. The summed E-state index contributed by atoms with van der Waals surface area (Å²) < 4.78 is 10.1. The maximum atomic E-state index is 10.3. The van der Waals surface area contributed by atoms with Crippen LogP contribution in [0.25, 0.3) is 0 Å². The predicted molar refractivity (Wildman–Crippen MR) is 71.0 cm³/mol. The number of thiocarbonyl (C=S) groups is 1. The first-order valence-electron chi connectivity index (χ1n) is 5.12. The highest BCUT2D eigenvalue weighted by Gasteiger charge is 2.05. The highest BCUT2D eigenvalue weighted by atomic mass is 32.1. The van der Waals surface area contributed by atoms with E-state index in [-0.39, 0.29) is 5.11 Å². The van der Waals surface area contributed by atoms with Gasteiger partial charge >= 0.3 is 0 Å². The molecule has 0 saturated heterocycles. The first kappa shape index (κ1) is 14.7. The molecular weight excluding hydrogens is 270 g/mol. The quantitative estimate of drug-likeness (QED) is 0.391. The zero-order chi connectivity index (χ0) is 14.3. The molecule has 1 aromatic carbocycles. The second-order valence-electron chi connectivity index (χ2n) is 3.31. The van der Waals surface area contributed by atoms with Gasteiger partial charge in [0.05, 0.1) is 19.3 Å². The van der Waals surface area contributed by atoms with E-state index in [0.29, 0.717) is 17.1 Å². The molecule has 0 aliphatic heterocycles. The summed E-state index contributed by atoms with van der Waals surface area (Å²) in [5, 5.41) is 14.1. The minimum absolute atomic E-state index is 0.0529. The van der Waals surface area contributed by atoms with E-state index >= 15 is 0 Å². The number of rotatable bonds is 6. The van der Waals surface area contributed by atoms with Crippen LogP contribution in [0.15, 0.2) is 23.3 Å². The van der Waals surface area contributed by atoms with E-state index in [4.69, 9.17) is 15.2 Å². The lowest BCUT2D eigenvalue weighted by Gasteiger charge is -2.11. The fourth-order valence-electron chi connectivity index (χ4n) is 1.19. The number of ether oxygens (including phenoxy) is 2. The number of nitrogens with two attached hydrogens (primary N) is 1. The molecule has 0 unspecified atom stereocenters. The average molecular weight is 282 g/mol. The van der Waals surface area contributed by atoms with Gasteiger partial charge in [-0.1, -0.05) is 0 Å². The van der Waals surface area contributed by atoms with Crippen molar-refractivity contribution >= 4 is 29.5 Å². The molecule has 0 saturated carbocycles. The molecule has 3 N–H and O–H groups in total. The van der Waals surface area contributed by atoms with E-state index in [9.17, 15) is 9.90 Å². The van der Waals surface area contributed by atoms with Crippen molar-refractivity contribution in [1.29, 1.82) is 0 Å². The highest BCUT2D eigenvalue weighted by Crippen LogP contribution is 2.27. The topological polar surface area (TPSA) is 109 Å². The lowest BCUT2D eigenvalue weighted by atomic mass is 10.2. The Bertz CT molecular complexity index is 505. The van der Waals surface area contributed by atoms with E-state index in [1.807, 2.05) is 0 Å². The van der Waals surface area contributed by atoms with Crippen molar-refractivity contribution in [2.45, 2.75) is 0 Å². The molecule has 0 aliphatic rings. The Morgan fingerprint density at radius 3 is 2.89 bits per heavy atom. The number of hydrogen-bond acceptors (Lipinski definition) is 6. The number of carboxylic acid groups (broad SMARTS) is 1. The maximum Gasteiger partial charge on any atom is 0.184 e. The standard InChI is InChI=1S/C11H13N3O4S/c1-17-9-4-7(5-13-14-11(12)19)2-3-8(9)18-6-10(15)16/h2-5H,6H2,1H3,(H,15,16)(H3,12,14,19)/p-1. The normalized spacial score (nSPS) is 10.2. The molecule has 0 heterocycles. The highest BCUT2D eigenvalue weighted by molar-refractivity contribution is 7.80. The number of nitrogens with one attached hydrogen (secondary N) is 1. The molecule has 0 radical (unpaired) electrons. The summed E-state index contributed by atoms with van der Waals surface area (Å²) in [5.74, 6) is -0.639. The fourth-order valence-corrected chi connectivity index (χ4v) is 1.24. The number of hydrogen-bond donors (Lipinski definition) is 2. The van der Waals surface area contributed by atoms with Gasteiger partial charge in [0.25, 0.3) is 0 Å². The Balaban J connectivity index is 2.80. The number of benzene rings is 1. The second-order valence-corrected chi connectivity index (χ2v) is 3.75. The van der Waals surface area contributed by atoms with Gasteiger partial charge in [-0.05, 0) is 36.0 Å². The van der Waals surface area contributed by atoms with E-state index in [1.54, 1.807) is 18.2 Å². The van der Waals surface area contributed by atoms with Crippen molar-refractivity contribution in [1.82, 2.24) is 5.43 Å². The van der Waals surface area contributed by atoms with Gasteiger partial charge in [0.15, 0.2) is 16.6 Å². The number of methoxy groups -OCH3 is 1. The van der Waals surface area contributed by atoms with Crippen LogP contribution in [0.2, 0.25) is 0 Å². The van der Waals surface area contributed by atoms with Crippen molar-refractivity contribution in [3.63, 3.8) is 0 Å². The molecule has 1 rings (SSSR count). The summed E-state index contributed by atoms with van der Waals surface area (Å²) in [7, 11) is 1.44. The van der Waals surface area contributed by atoms with E-state index in [0.717, 1.165) is 0 Å². The van der Waals surface area contributed by atoms with Crippen molar-refractivity contribution in [2.75, 3.05) is 13.7 Å². The van der Waals surface area contributed by atoms with Crippen LogP contribution in [-0.4, -0.2) is 31.0 Å². The lowest BCUT2D eigenvalue weighted by molar-refractivity contribution is -0.307. The summed E-state index contributed by atoms with van der Waals surface area (Å²) >= 11 is 4.59. The Morgan fingerprint density at radius 2 is 2.32 bits per heavy atom. The van der Waals surface area contributed by atoms with E-state index in [1.165, 1.54) is 13.3 Å². The van der Waals surface area contributed by atoms with E-state index < -0.39 is 12.6 Å². The third-order valence-corrected chi connectivity index (χ3v) is 2.01. The number of carboxylic acids is 1. The van der Waals surface area contributed by atoms with Crippen molar-refractivity contribution < 1.29 is 19.4 Å². The van der Waals surface area contributed by atoms with Crippen LogP contribution in [0.1, 0.15) is 5.56 Å². The third kappa shape index (κ3) is 5.21. The minimum Gasteiger partial charge on any atom is -0.546 e. The molecule has 8 heteroatoms. The van der Waals surface area contributed by atoms with Crippen LogP contribution in [0.4, 0.5) is 0 Å². The Kier molecular flexibility index (Phi) is 5.55. The third-order valence-electron chi connectivity index (χ3n) is 1.92. The lowest BCUT2D eigenvalue weighted by Crippen LogP contribution is -2.29. The molecule has 0 bridgehead atoms. The summed E-state index contributed by atoms with van der Waals surface area (Å²) in [5.41, 5.74) is 8.31. The fraction of sp³-hybridized carbons (Fsp3) is 0.182. The van der Waals surface area contributed by atoms with Gasteiger partial charge in [-0.25, -0.2) is 0 Å². The number of nitrogens with zero attached hydrogens (tertiary/aromatic N) is 1. The molecule has 19 heavy (non-hydrogen) atoms. The van der Waals surface area contributed by atoms with Gasteiger partial charge in [-0.3, -0.25) is 5.43 Å². The number of aliphatic carboxylic acids is 1. The molecule has 7 nitrogen and oxygen atoms in total. The molecule has 0 fully saturated rings. The molecular formula is C11H12N3O4S-. The number of carbonyl (C=O) groups is 1. The van der Waals surface area contributed by atoms with E-state index in [2.05, 4.69) is 22.7 Å². The molecule has 0 aliphatic carbocycles. The Labute approximate surface area is 115 Å². The van der Waals surface area contributed by atoms with Crippen molar-refractivity contribution in [3.8, 4) is 11.5 Å². The predicted octanol–water partition coefficient (Wildman–Crippen LogP) is -1.01. The molecule has 0 atom stereocenters. The van der Waals surface area contributed by atoms with Crippen LogP contribution in [0, 0.1) is 0 Å². The SMILES string of the molecule is COc1cc(C=NNC(N)=S)ccc1OCC(=O)[O-]. The summed E-state index contributed by atoms with van der Waals surface area (Å²) in [6, 6.07) is 4.84. The first-order chi connectivity index (χ1) is 9.02. The van der Waals surface area contributed by atoms with Crippen LogP contribution >= 0.6 is 12.2 Å². The Hall–Kier alpha value is -2.35.